The van der Waals surface area contributed by atoms with Crippen LogP contribution in [-0.4, -0.2) is 24.3 Å². The first-order valence-corrected chi connectivity index (χ1v) is 7.13. The van der Waals surface area contributed by atoms with Crippen molar-refractivity contribution in [2.75, 3.05) is 13.1 Å². The van der Waals surface area contributed by atoms with Crippen molar-refractivity contribution in [2.45, 2.75) is 71.5 Å². The first kappa shape index (κ1) is 13.4. The van der Waals surface area contributed by atoms with Gasteiger partial charge < -0.3 is 10.1 Å². The Hall–Kier alpha value is -0.0800. The molecule has 1 spiro atoms. The van der Waals surface area contributed by atoms with E-state index in [9.17, 15) is 0 Å². The zero-order valence-electron chi connectivity index (χ0n) is 12.2. The van der Waals surface area contributed by atoms with Crippen LogP contribution in [-0.2, 0) is 4.74 Å². The quantitative estimate of drug-likeness (QED) is 0.700. The summed E-state index contributed by atoms with van der Waals surface area (Å²) in [6, 6.07) is 0. The minimum atomic E-state index is 0.00677. The van der Waals surface area contributed by atoms with E-state index in [0.717, 1.165) is 19.0 Å². The van der Waals surface area contributed by atoms with Crippen molar-refractivity contribution < 1.29 is 4.74 Å². The lowest BCUT2D eigenvalue weighted by Crippen LogP contribution is -2.59. The summed E-state index contributed by atoms with van der Waals surface area (Å²) in [7, 11) is 0. The summed E-state index contributed by atoms with van der Waals surface area (Å²) < 4.78 is 6.40. The molecule has 2 fully saturated rings. The lowest BCUT2D eigenvalue weighted by Gasteiger charge is -2.50. The van der Waals surface area contributed by atoms with Crippen LogP contribution in [0.3, 0.4) is 0 Å². The van der Waals surface area contributed by atoms with Crippen molar-refractivity contribution >= 4 is 0 Å². The monoisotopic (exact) mass is 239 g/mol. The minimum absolute atomic E-state index is 0.00677. The molecule has 1 saturated carbocycles. The van der Waals surface area contributed by atoms with Gasteiger partial charge in [-0.3, -0.25) is 0 Å². The molecule has 2 rings (SSSR count). The Labute approximate surface area is 107 Å². The summed E-state index contributed by atoms with van der Waals surface area (Å²) >= 11 is 0. The SMILES string of the molecule is CC1(C)CNCC2(CCC(C(C)(C)C)CC2)O1. The maximum Gasteiger partial charge on any atom is 0.0814 e. The van der Waals surface area contributed by atoms with Gasteiger partial charge in [0.2, 0.25) is 0 Å². The fraction of sp³-hybridized carbons (Fsp3) is 1.00. The average molecular weight is 239 g/mol. The normalized spacial score (nSPS) is 38.3. The molecule has 0 aromatic carbocycles. The Morgan fingerprint density at radius 2 is 1.65 bits per heavy atom. The van der Waals surface area contributed by atoms with Crippen LogP contribution >= 0.6 is 0 Å². The Bertz CT molecular complexity index is 269. The van der Waals surface area contributed by atoms with Gasteiger partial charge in [-0.1, -0.05) is 20.8 Å². The van der Waals surface area contributed by atoms with Crippen LogP contribution in [0.2, 0.25) is 0 Å². The van der Waals surface area contributed by atoms with Crippen LogP contribution in [0.5, 0.6) is 0 Å². The van der Waals surface area contributed by atoms with Crippen molar-refractivity contribution in [1.82, 2.24) is 5.32 Å². The van der Waals surface area contributed by atoms with E-state index in [-0.39, 0.29) is 11.2 Å². The van der Waals surface area contributed by atoms with E-state index in [2.05, 4.69) is 39.9 Å². The summed E-state index contributed by atoms with van der Waals surface area (Å²) in [6.07, 6.45) is 5.10. The Morgan fingerprint density at radius 1 is 1.06 bits per heavy atom. The number of rotatable bonds is 0. The van der Waals surface area contributed by atoms with E-state index in [0.29, 0.717) is 5.41 Å². The molecule has 0 bridgehead atoms. The summed E-state index contributed by atoms with van der Waals surface area (Å²) in [5.74, 6) is 0.863. The number of hydrogen-bond donors (Lipinski definition) is 1. The van der Waals surface area contributed by atoms with Crippen molar-refractivity contribution in [3.63, 3.8) is 0 Å². The van der Waals surface area contributed by atoms with Crippen LogP contribution in [0.25, 0.3) is 0 Å². The molecule has 0 amide bonds. The summed E-state index contributed by atoms with van der Waals surface area (Å²) in [6.45, 7) is 13.6. The molecule has 2 heteroatoms. The van der Waals surface area contributed by atoms with Crippen LogP contribution in [0.4, 0.5) is 0 Å². The number of nitrogens with one attached hydrogen (secondary N) is 1. The van der Waals surface area contributed by atoms with Gasteiger partial charge in [-0.15, -0.1) is 0 Å². The zero-order valence-corrected chi connectivity index (χ0v) is 12.2. The highest BCUT2D eigenvalue weighted by molar-refractivity contribution is 4.97. The molecule has 1 saturated heterocycles. The van der Waals surface area contributed by atoms with Crippen molar-refractivity contribution in [3.05, 3.63) is 0 Å². The standard InChI is InChI=1S/C15H29NO/c1-13(2,3)12-6-8-15(9-7-12)11-16-10-14(4,5)17-15/h12,16H,6-11H2,1-5H3. The molecule has 1 N–H and O–H groups in total. The summed E-state index contributed by atoms with van der Waals surface area (Å²) in [5, 5.41) is 3.56. The highest BCUT2D eigenvalue weighted by atomic mass is 16.5. The first-order chi connectivity index (χ1) is 7.73. The number of hydrogen-bond acceptors (Lipinski definition) is 2. The second-order valence-electron chi connectivity index (χ2n) is 7.79. The predicted octanol–water partition coefficient (Wildman–Crippen LogP) is 3.36. The topological polar surface area (TPSA) is 21.3 Å². The van der Waals surface area contributed by atoms with Gasteiger partial charge >= 0.3 is 0 Å². The van der Waals surface area contributed by atoms with Crippen LogP contribution in [0, 0.1) is 11.3 Å². The largest absolute Gasteiger partial charge is 0.366 e. The molecule has 0 radical (unpaired) electrons. The molecule has 0 atom stereocenters. The zero-order chi connectivity index (χ0) is 12.7. The van der Waals surface area contributed by atoms with Crippen LogP contribution in [0.1, 0.15) is 60.3 Å². The van der Waals surface area contributed by atoms with E-state index in [1.807, 2.05) is 0 Å². The molecule has 2 nitrogen and oxygen atoms in total. The summed E-state index contributed by atoms with van der Waals surface area (Å²) in [4.78, 5) is 0. The smallest absolute Gasteiger partial charge is 0.0814 e. The van der Waals surface area contributed by atoms with Crippen LogP contribution < -0.4 is 5.32 Å². The Balaban J connectivity index is 1.98. The fourth-order valence-electron chi connectivity index (χ4n) is 3.54. The van der Waals surface area contributed by atoms with Crippen molar-refractivity contribution in [2.24, 2.45) is 11.3 Å². The molecule has 100 valence electrons. The predicted molar refractivity (Wildman–Crippen MR) is 72.2 cm³/mol. The average Bonchev–Trinajstić information content (AvgIpc) is 2.14. The van der Waals surface area contributed by atoms with Gasteiger partial charge in [0.25, 0.3) is 0 Å². The third-order valence-corrected chi connectivity index (χ3v) is 4.61. The molecule has 0 aromatic heterocycles. The maximum absolute atomic E-state index is 6.40. The molecule has 2 aliphatic rings. The molecule has 1 aliphatic heterocycles. The molecule has 1 heterocycles. The van der Waals surface area contributed by atoms with Gasteiger partial charge in [-0.05, 0) is 50.9 Å². The van der Waals surface area contributed by atoms with E-state index in [4.69, 9.17) is 4.74 Å². The molecular formula is C15H29NO. The van der Waals surface area contributed by atoms with E-state index < -0.39 is 0 Å². The van der Waals surface area contributed by atoms with Gasteiger partial charge in [-0.2, -0.15) is 0 Å². The minimum Gasteiger partial charge on any atom is -0.366 e. The van der Waals surface area contributed by atoms with Crippen LogP contribution in [0.15, 0.2) is 0 Å². The molecule has 1 aliphatic carbocycles. The fourth-order valence-corrected chi connectivity index (χ4v) is 3.54. The van der Waals surface area contributed by atoms with Gasteiger partial charge in [0.15, 0.2) is 0 Å². The Morgan fingerprint density at radius 3 is 2.12 bits per heavy atom. The Kier molecular flexibility index (Phi) is 3.33. The van der Waals surface area contributed by atoms with Gasteiger partial charge in [0, 0.05) is 13.1 Å². The molecule has 0 unspecified atom stereocenters. The molecule has 0 aromatic rings. The van der Waals surface area contributed by atoms with Gasteiger partial charge in [0.05, 0.1) is 11.2 Å². The molecular weight excluding hydrogens is 210 g/mol. The second kappa shape index (κ2) is 4.24. The van der Waals surface area contributed by atoms with E-state index in [1.54, 1.807) is 0 Å². The van der Waals surface area contributed by atoms with Gasteiger partial charge in [0.1, 0.15) is 0 Å². The number of morpholine rings is 1. The van der Waals surface area contributed by atoms with Crippen molar-refractivity contribution in [1.29, 1.82) is 0 Å². The lowest BCUT2D eigenvalue weighted by atomic mass is 9.68. The van der Waals surface area contributed by atoms with Gasteiger partial charge in [-0.25, -0.2) is 0 Å². The van der Waals surface area contributed by atoms with Crippen molar-refractivity contribution in [3.8, 4) is 0 Å². The summed E-state index contributed by atoms with van der Waals surface area (Å²) in [5.41, 5.74) is 0.593. The van der Waals surface area contributed by atoms with E-state index >= 15 is 0 Å². The maximum atomic E-state index is 6.40. The highest BCUT2D eigenvalue weighted by Crippen LogP contribution is 2.44. The van der Waals surface area contributed by atoms with E-state index in [1.165, 1.54) is 25.7 Å². The lowest BCUT2D eigenvalue weighted by molar-refractivity contribution is -0.182. The number of ether oxygens (including phenoxy) is 1. The molecule has 17 heavy (non-hydrogen) atoms. The second-order valence-corrected chi connectivity index (χ2v) is 7.79. The highest BCUT2D eigenvalue weighted by Gasteiger charge is 2.44. The third kappa shape index (κ3) is 3.03. The third-order valence-electron chi connectivity index (χ3n) is 4.61. The first-order valence-electron chi connectivity index (χ1n) is 7.13.